The molecular formula is C22H19N3O3. The highest BCUT2D eigenvalue weighted by Crippen LogP contribution is 2.43. The molecule has 0 amide bonds. The first-order chi connectivity index (χ1) is 13.4. The van der Waals surface area contributed by atoms with Gasteiger partial charge in [0.1, 0.15) is 17.2 Å². The highest BCUT2D eigenvalue weighted by Gasteiger charge is 2.30. The van der Waals surface area contributed by atoms with Crippen molar-refractivity contribution in [2.75, 3.05) is 0 Å². The van der Waals surface area contributed by atoms with Crippen LogP contribution in [0.3, 0.4) is 0 Å². The number of imidazole rings is 1. The van der Waals surface area contributed by atoms with E-state index in [0.29, 0.717) is 5.82 Å². The smallest absolute Gasteiger partial charge is 0.269 e. The Morgan fingerprint density at radius 1 is 1.11 bits per heavy atom. The molecule has 28 heavy (non-hydrogen) atoms. The highest BCUT2D eigenvalue weighted by molar-refractivity contribution is 6.10. The monoisotopic (exact) mass is 373 g/mol. The molecule has 3 aromatic carbocycles. The van der Waals surface area contributed by atoms with E-state index >= 15 is 0 Å². The number of nitro groups is 1. The summed E-state index contributed by atoms with van der Waals surface area (Å²) in [5.41, 5.74) is 3.69. The van der Waals surface area contributed by atoms with Gasteiger partial charge in [-0.25, -0.2) is 4.98 Å². The van der Waals surface area contributed by atoms with E-state index in [9.17, 15) is 10.1 Å². The van der Waals surface area contributed by atoms with Crippen LogP contribution in [-0.4, -0.2) is 20.5 Å². The Morgan fingerprint density at radius 2 is 1.82 bits per heavy atom. The van der Waals surface area contributed by atoms with Crippen LogP contribution in [0.5, 0.6) is 5.75 Å². The van der Waals surface area contributed by atoms with Crippen LogP contribution in [0.15, 0.2) is 48.5 Å². The number of non-ortho nitro benzene ring substituents is 1. The largest absolute Gasteiger partial charge is 0.487 e. The van der Waals surface area contributed by atoms with Crippen LogP contribution >= 0.6 is 0 Å². The molecule has 0 radical (unpaired) electrons. The molecule has 0 saturated heterocycles. The number of rotatable bonds is 2. The number of nitro benzene ring substituents is 1. The summed E-state index contributed by atoms with van der Waals surface area (Å²) in [5.74, 6) is 1.62. The average Bonchev–Trinajstić information content (AvgIpc) is 3.13. The van der Waals surface area contributed by atoms with Gasteiger partial charge in [-0.05, 0) is 38.8 Å². The third-order valence-electron chi connectivity index (χ3n) is 5.41. The van der Waals surface area contributed by atoms with Gasteiger partial charge in [0.25, 0.3) is 5.69 Å². The van der Waals surface area contributed by atoms with Crippen LogP contribution in [0, 0.1) is 10.1 Å². The molecule has 1 N–H and O–H groups in total. The third kappa shape index (κ3) is 2.52. The first-order valence-corrected chi connectivity index (χ1v) is 9.30. The molecule has 0 aliphatic carbocycles. The van der Waals surface area contributed by atoms with E-state index < -0.39 is 4.92 Å². The van der Waals surface area contributed by atoms with Crippen LogP contribution in [0.2, 0.25) is 0 Å². The van der Waals surface area contributed by atoms with E-state index in [1.807, 2.05) is 12.1 Å². The second-order valence-corrected chi connectivity index (χ2v) is 7.83. The van der Waals surface area contributed by atoms with Crippen molar-refractivity contribution in [2.24, 2.45) is 0 Å². The van der Waals surface area contributed by atoms with Crippen molar-refractivity contribution in [3.05, 3.63) is 64.2 Å². The molecule has 0 saturated carbocycles. The highest BCUT2D eigenvalue weighted by atomic mass is 16.6. The fourth-order valence-electron chi connectivity index (χ4n) is 3.94. The number of aryl methyl sites for hydroxylation is 1. The Hall–Kier alpha value is -3.41. The van der Waals surface area contributed by atoms with Crippen molar-refractivity contribution < 1.29 is 9.66 Å². The van der Waals surface area contributed by atoms with Gasteiger partial charge in [0.2, 0.25) is 0 Å². The maximum atomic E-state index is 10.9. The maximum Gasteiger partial charge on any atom is 0.269 e. The zero-order valence-corrected chi connectivity index (χ0v) is 15.7. The fourth-order valence-corrected chi connectivity index (χ4v) is 3.94. The summed E-state index contributed by atoms with van der Waals surface area (Å²) in [5, 5.41) is 13.1. The molecule has 0 fully saturated rings. The topological polar surface area (TPSA) is 81.0 Å². The summed E-state index contributed by atoms with van der Waals surface area (Å²) in [6, 6.07) is 14.6. The maximum absolute atomic E-state index is 10.9. The van der Waals surface area contributed by atoms with Crippen LogP contribution in [-0.2, 0) is 6.42 Å². The SMILES string of the molecule is CC1(C)CCc2c(c3ccccc3c3[nH]c(-c4ccc([N+](=O)[O-])cc4)nc23)O1. The van der Waals surface area contributed by atoms with E-state index in [2.05, 4.69) is 31.0 Å². The Bertz CT molecular complexity index is 1240. The van der Waals surface area contributed by atoms with Crippen LogP contribution in [0.1, 0.15) is 25.8 Å². The number of fused-ring (bicyclic) bond motifs is 6. The average molecular weight is 373 g/mol. The Balaban J connectivity index is 1.75. The summed E-state index contributed by atoms with van der Waals surface area (Å²) in [6.07, 6.45) is 1.82. The van der Waals surface area contributed by atoms with Gasteiger partial charge in [-0.3, -0.25) is 10.1 Å². The number of H-pyrrole nitrogens is 1. The van der Waals surface area contributed by atoms with Crippen LogP contribution < -0.4 is 4.74 Å². The lowest BCUT2D eigenvalue weighted by atomic mass is 9.91. The van der Waals surface area contributed by atoms with Crippen molar-refractivity contribution >= 4 is 27.5 Å². The zero-order valence-electron chi connectivity index (χ0n) is 15.7. The minimum Gasteiger partial charge on any atom is -0.487 e. The molecule has 1 aromatic heterocycles. The summed E-state index contributed by atoms with van der Waals surface area (Å²) in [6.45, 7) is 4.23. The molecule has 6 heteroatoms. The van der Waals surface area contributed by atoms with Gasteiger partial charge in [0.05, 0.1) is 16.0 Å². The van der Waals surface area contributed by atoms with Crippen molar-refractivity contribution in [3.63, 3.8) is 0 Å². The summed E-state index contributed by atoms with van der Waals surface area (Å²) < 4.78 is 6.37. The number of nitrogens with one attached hydrogen (secondary N) is 1. The molecule has 6 nitrogen and oxygen atoms in total. The van der Waals surface area contributed by atoms with Crippen molar-refractivity contribution in [3.8, 4) is 17.1 Å². The standard InChI is InChI=1S/C22H19N3O3/c1-22(2)12-11-17-19-18(15-5-3-4-6-16(15)20(17)28-22)23-21(24-19)13-7-9-14(10-8-13)25(26)27/h3-10H,11-12H2,1-2H3,(H,23,24). The molecule has 0 atom stereocenters. The van der Waals surface area contributed by atoms with Crippen molar-refractivity contribution in [2.45, 2.75) is 32.3 Å². The summed E-state index contributed by atoms with van der Waals surface area (Å²) in [7, 11) is 0. The lowest BCUT2D eigenvalue weighted by Crippen LogP contribution is -2.32. The predicted octanol–water partition coefficient (Wildman–Crippen LogP) is 5.39. The van der Waals surface area contributed by atoms with Gasteiger partial charge < -0.3 is 9.72 Å². The van der Waals surface area contributed by atoms with Gasteiger partial charge >= 0.3 is 0 Å². The van der Waals surface area contributed by atoms with Gasteiger partial charge in [0.15, 0.2) is 0 Å². The van der Waals surface area contributed by atoms with E-state index in [0.717, 1.165) is 51.5 Å². The van der Waals surface area contributed by atoms with Gasteiger partial charge in [-0.2, -0.15) is 0 Å². The molecule has 0 spiro atoms. The molecule has 2 heterocycles. The predicted molar refractivity (Wildman–Crippen MR) is 109 cm³/mol. The summed E-state index contributed by atoms with van der Waals surface area (Å²) in [4.78, 5) is 18.8. The number of ether oxygens (including phenoxy) is 1. The molecule has 0 bridgehead atoms. The van der Waals surface area contributed by atoms with Crippen LogP contribution in [0.25, 0.3) is 33.2 Å². The number of aromatic nitrogens is 2. The Kier molecular flexibility index (Phi) is 3.46. The minimum atomic E-state index is -0.397. The van der Waals surface area contributed by atoms with Crippen molar-refractivity contribution in [1.82, 2.24) is 9.97 Å². The second-order valence-electron chi connectivity index (χ2n) is 7.83. The van der Waals surface area contributed by atoms with E-state index in [1.54, 1.807) is 12.1 Å². The van der Waals surface area contributed by atoms with Crippen molar-refractivity contribution in [1.29, 1.82) is 0 Å². The lowest BCUT2D eigenvalue weighted by Gasteiger charge is -2.33. The first kappa shape index (κ1) is 16.7. The molecule has 0 unspecified atom stereocenters. The summed E-state index contributed by atoms with van der Waals surface area (Å²) >= 11 is 0. The molecule has 4 aromatic rings. The number of hydrogen-bond acceptors (Lipinski definition) is 4. The molecule has 5 rings (SSSR count). The van der Waals surface area contributed by atoms with E-state index in [1.165, 1.54) is 12.1 Å². The Morgan fingerprint density at radius 3 is 2.54 bits per heavy atom. The molecule has 1 aliphatic heterocycles. The number of hydrogen-bond donors (Lipinski definition) is 1. The zero-order chi connectivity index (χ0) is 19.5. The number of benzene rings is 3. The molecule has 1 aliphatic rings. The second kappa shape index (κ2) is 5.79. The normalized spacial score (nSPS) is 15.4. The van der Waals surface area contributed by atoms with Gasteiger partial charge in [-0.1, -0.05) is 24.3 Å². The third-order valence-corrected chi connectivity index (χ3v) is 5.41. The van der Waals surface area contributed by atoms with E-state index in [-0.39, 0.29) is 11.3 Å². The fraction of sp³-hybridized carbons (Fsp3) is 0.227. The molecular weight excluding hydrogens is 354 g/mol. The Labute approximate surface area is 161 Å². The van der Waals surface area contributed by atoms with E-state index in [4.69, 9.17) is 9.72 Å². The van der Waals surface area contributed by atoms with Crippen LogP contribution in [0.4, 0.5) is 5.69 Å². The quantitative estimate of drug-likeness (QED) is 0.377. The number of nitrogens with zero attached hydrogens (tertiary/aromatic N) is 2. The lowest BCUT2D eigenvalue weighted by molar-refractivity contribution is -0.384. The minimum absolute atomic E-state index is 0.0679. The first-order valence-electron chi connectivity index (χ1n) is 9.30. The molecule has 140 valence electrons. The van der Waals surface area contributed by atoms with Gasteiger partial charge in [0, 0.05) is 34.0 Å². The number of aromatic amines is 1. The van der Waals surface area contributed by atoms with Gasteiger partial charge in [-0.15, -0.1) is 0 Å².